The first kappa shape index (κ1) is 21.3. The van der Waals surface area contributed by atoms with E-state index < -0.39 is 0 Å². The van der Waals surface area contributed by atoms with Crippen LogP contribution in [0.5, 0.6) is 0 Å². The second kappa shape index (κ2) is 9.89. The maximum Gasteiger partial charge on any atom is 0.159 e. The van der Waals surface area contributed by atoms with E-state index in [2.05, 4.69) is 45.4 Å². The predicted octanol–water partition coefficient (Wildman–Crippen LogP) is 5.04. The molecule has 8 heteroatoms. The van der Waals surface area contributed by atoms with Crippen LogP contribution < -0.4 is 0 Å². The monoisotopic (exact) mass is 434 g/mol. The van der Waals surface area contributed by atoms with Gasteiger partial charge in [0, 0.05) is 65.9 Å². The van der Waals surface area contributed by atoms with E-state index in [0.717, 1.165) is 46.4 Å². The maximum absolute atomic E-state index is 5.04. The van der Waals surface area contributed by atoms with Gasteiger partial charge in [0.05, 0.1) is 19.5 Å². The lowest BCUT2D eigenvalue weighted by atomic mass is 10.1. The number of hydrogen-bond acceptors (Lipinski definition) is 6. The zero-order valence-electron chi connectivity index (χ0n) is 18.0. The Bertz CT molecular complexity index is 1120. The van der Waals surface area contributed by atoms with Gasteiger partial charge in [-0.1, -0.05) is 18.2 Å². The number of aryl methyl sites for hydroxylation is 1. The van der Waals surface area contributed by atoms with Crippen molar-refractivity contribution in [2.75, 3.05) is 12.9 Å². The van der Waals surface area contributed by atoms with Crippen molar-refractivity contribution in [3.63, 3.8) is 0 Å². The molecule has 160 valence electrons. The summed E-state index contributed by atoms with van der Waals surface area (Å²) in [5, 5.41) is 8.78. The minimum absolute atomic E-state index is 0.335. The van der Waals surface area contributed by atoms with Crippen molar-refractivity contribution in [2.45, 2.75) is 25.8 Å². The van der Waals surface area contributed by atoms with Gasteiger partial charge in [-0.3, -0.25) is 9.36 Å². The first-order valence-corrected chi connectivity index (χ1v) is 11.2. The fraction of sp³-hybridized carbons (Fsp3) is 0.304. The van der Waals surface area contributed by atoms with E-state index in [1.807, 2.05) is 54.8 Å². The maximum atomic E-state index is 5.04. The van der Waals surface area contributed by atoms with Crippen LogP contribution in [-0.4, -0.2) is 42.4 Å². The van der Waals surface area contributed by atoms with E-state index in [9.17, 15) is 0 Å². The normalized spacial score (nSPS) is 12.2. The van der Waals surface area contributed by atoms with Crippen molar-refractivity contribution in [3.05, 3.63) is 61.4 Å². The molecule has 0 radical (unpaired) electrons. The van der Waals surface area contributed by atoms with Crippen LogP contribution in [0.1, 0.15) is 25.8 Å². The fourth-order valence-electron chi connectivity index (χ4n) is 3.42. The number of rotatable bonds is 9. The van der Waals surface area contributed by atoms with Crippen molar-refractivity contribution in [3.8, 4) is 33.6 Å². The molecule has 4 rings (SSSR count). The van der Waals surface area contributed by atoms with Crippen LogP contribution >= 0.6 is 12.0 Å². The highest BCUT2D eigenvalue weighted by Gasteiger charge is 2.10. The van der Waals surface area contributed by atoms with Gasteiger partial charge in [-0.15, -0.1) is 0 Å². The fourth-order valence-corrected chi connectivity index (χ4v) is 3.87. The Balaban J connectivity index is 1.46. The zero-order chi connectivity index (χ0) is 21.6. The number of benzene rings is 1. The van der Waals surface area contributed by atoms with Gasteiger partial charge in [-0.2, -0.15) is 10.2 Å². The summed E-state index contributed by atoms with van der Waals surface area (Å²) in [5.74, 6) is 1.69. The Morgan fingerprint density at radius 3 is 2.42 bits per heavy atom. The molecular weight excluding hydrogens is 408 g/mol. The molecule has 1 atom stereocenters. The first-order chi connectivity index (χ1) is 15.1. The first-order valence-electron chi connectivity index (χ1n) is 10.3. The molecule has 0 aliphatic carbocycles. The zero-order valence-corrected chi connectivity index (χ0v) is 18.8. The lowest BCUT2D eigenvalue weighted by molar-refractivity contribution is 0.451. The Hall–Kier alpha value is -2.97. The Morgan fingerprint density at radius 1 is 0.935 bits per heavy atom. The summed E-state index contributed by atoms with van der Waals surface area (Å²) >= 11 is 1.50. The number of hydrogen-bond donors (Lipinski definition) is 0. The van der Waals surface area contributed by atoms with E-state index in [1.165, 1.54) is 12.0 Å². The van der Waals surface area contributed by atoms with Crippen molar-refractivity contribution < 1.29 is 4.18 Å². The van der Waals surface area contributed by atoms with Gasteiger partial charge in [0.1, 0.15) is 0 Å². The third kappa shape index (κ3) is 5.21. The molecule has 1 aromatic carbocycles. The van der Waals surface area contributed by atoms with Crippen molar-refractivity contribution in [2.24, 2.45) is 7.05 Å². The molecule has 0 N–H and O–H groups in total. The Morgan fingerprint density at radius 2 is 1.68 bits per heavy atom. The molecule has 0 saturated heterocycles. The van der Waals surface area contributed by atoms with Crippen LogP contribution in [0.3, 0.4) is 0 Å². The standard InChI is InChI=1S/C23H26N6OS/c1-17(6-5-9-31-30-3)29-16-22(14-27-29)20-11-24-23(25-12-20)19-8-4-7-18(10-19)21-13-26-28(2)15-21/h4,7-8,10-17H,5-6,9H2,1-3H3. The molecule has 0 bridgehead atoms. The highest BCUT2D eigenvalue weighted by molar-refractivity contribution is 7.94. The Kier molecular flexibility index (Phi) is 6.79. The van der Waals surface area contributed by atoms with Gasteiger partial charge in [-0.25, -0.2) is 9.97 Å². The molecule has 31 heavy (non-hydrogen) atoms. The SMILES string of the molecule is COSCCCC(C)n1cc(-c2cnc(-c3cccc(-c4cnn(C)c4)c3)nc2)cn1. The minimum Gasteiger partial charge on any atom is -0.319 e. The highest BCUT2D eigenvalue weighted by Crippen LogP contribution is 2.26. The van der Waals surface area contributed by atoms with Crippen LogP contribution in [0.2, 0.25) is 0 Å². The van der Waals surface area contributed by atoms with Gasteiger partial charge < -0.3 is 4.18 Å². The summed E-state index contributed by atoms with van der Waals surface area (Å²) in [6, 6.07) is 8.54. The van der Waals surface area contributed by atoms with E-state index >= 15 is 0 Å². The van der Waals surface area contributed by atoms with Crippen LogP contribution in [0.15, 0.2) is 61.4 Å². The Labute approximate surface area is 186 Å². The summed E-state index contributed by atoms with van der Waals surface area (Å²) in [4.78, 5) is 9.21. The topological polar surface area (TPSA) is 70.7 Å². The van der Waals surface area contributed by atoms with E-state index in [1.54, 1.807) is 11.8 Å². The molecule has 0 aliphatic rings. The molecule has 3 heterocycles. The summed E-state index contributed by atoms with van der Waals surface area (Å²) in [6.45, 7) is 2.18. The van der Waals surface area contributed by atoms with Crippen LogP contribution in [-0.2, 0) is 11.2 Å². The quantitative estimate of drug-likeness (QED) is 0.271. The summed E-state index contributed by atoms with van der Waals surface area (Å²) < 4.78 is 8.85. The molecular formula is C23H26N6OS. The van der Waals surface area contributed by atoms with Gasteiger partial charge in [-0.05, 0) is 43.4 Å². The van der Waals surface area contributed by atoms with E-state index in [4.69, 9.17) is 4.18 Å². The highest BCUT2D eigenvalue weighted by atomic mass is 32.2. The molecule has 0 amide bonds. The van der Waals surface area contributed by atoms with Crippen LogP contribution in [0.4, 0.5) is 0 Å². The lowest BCUT2D eigenvalue weighted by Crippen LogP contribution is -2.05. The van der Waals surface area contributed by atoms with Crippen molar-refractivity contribution in [1.29, 1.82) is 0 Å². The number of aromatic nitrogens is 6. The van der Waals surface area contributed by atoms with Gasteiger partial charge in [0.25, 0.3) is 0 Å². The molecule has 0 aliphatic heterocycles. The average molecular weight is 435 g/mol. The lowest BCUT2D eigenvalue weighted by Gasteiger charge is -2.11. The largest absolute Gasteiger partial charge is 0.319 e. The molecule has 1 unspecified atom stereocenters. The summed E-state index contributed by atoms with van der Waals surface area (Å²) in [5.41, 5.74) is 5.13. The molecule has 0 spiro atoms. The predicted molar refractivity (Wildman–Crippen MR) is 124 cm³/mol. The van der Waals surface area contributed by atoms with Crippen molar-refractivity contribution >= 4 is 12.0 Å². The molecule has 0 saturated carbocycles. The third-order valence-corrected chi connectivity index (χ3v) is 5.86. The summed E-state index contributed by atoms with van der Waals surface area (Å²) in [6.07, 6.45) is 13.7. The van der Waals surface area contributed by atoms with Gasteiger partial charge in [0.2, 0.25) is 0 Å². The van der Waals surface area contributed by atoms with Crippen molar-refractivity contribution in [1.82, 2.24) is 29.5 Å². The van der Waals surface area contributed by atoms with E-state index in [-0.39, 0.29) is 0 Å². The second-order valence-corrected chi connectivity index (χ2v) is 8.45. The smallest absolute Gasteiger partial charge is 0.159 e. The van der Waals surface area contributed by atoms with Crippen LogP contribution in [0.25, 0.3) is 33.6 Å². The van der Waals surface area contributed by atoms with E-state index in [0.29, 0.717) is 11.9 Å². The molecule has 7 nitrogen and oxygen atoms in total. The molecule has 3 aromatic heterocycles. The molecule has 4 aromatic rings. The third-order valence-electron chi connectivity index (χ3n) is 5.16. The van der Waals surface area contributed by atoms with Gasteiger partial charge in [0.15, 0.2) is 5.82 Å². The van der Waals surface area contributed by atoms with Crippen LogP contribution in [0, 0.1) is 0 Å². The second-order valence-electron chi connectivity index (χ2n) is 7.47. The molecule has 0 fully saturated rings. The average Bonchev–Trinajstić information content (AvgIpc) is 3.46. The minimum atomic E-state index is 0.335. The number of nitrogens with zero attached hydrogens (tertiary/aromatic N) is 6. The summed E-state index contributed by atoms with van der Waals surface area (Å²) in [7, 11) is 3.62. The van der Waals surface area contributed by atoms with Gasteiger partial charge >= 0.3 is 0 Å².